The second-order valence-electron chi connectivity index (χ2n) is 7.45. The van der Waals surface area contributed by atoms with Gasteiger partial charge in [0.15, 0.2) is 6.61 Å². The lowest BCUT2D eigenvalue weighted by Gasteiger charge is -2.25. The SMILES string of the molecule is CC(C)(C)CC(=O)N1CCCN(C(=O)COc2ccccc2)CC1. The van der Waals surface area contributed by atoms with Crippen molar-refractivity contribution in [3.05, 3.63) is 30.3 Å². The number of ether oxygens (including phenoxy) is 1. The maximum Gasteiger partial charge on any atom is 0.260 e. The van der Waals surface area contributed by atoms with Gasteiger partial charge in [0, 0.05) is 32.6 Å². The van der Waals surface area contributed by atoms with E-state index in [-0.39, 0.29) is 23.8 Å². The highest BCUT2D eigenvalue weighted by Crippen LogP contribution is 2.20. The molecule has 0 bridgehead atoms. The van der Waals surface area contributed by atoms with Crippen LogP contribution in [0.1, 0.15) is 33.6 Å². The fourth-order valence-electron chi connectivity index (χ4n) is 2.73. The van der Waals surface area contributed by atoms with Crippen molar-refractivity contribution < 1.29 is 14.3 Å². The average molecular weight is 332 g/mol. The van der Waals surface area contributed by atoms with Crippen molar-refractivity contribution >= 4 is 11.8 Å². The third-order valence-electron chi connectivity index (χ3n) is 3.99. The summed E-state index contributed by atoms with van der Waals surface area (Å²) >= 11 is 0. The Balaban J connectivity index is 1.81. The largest absolute Gasteiger partial charge is 0.484 e. The highest BCUT2D eigenvalue weighted by Gasteiger charge is 2.25. The minimum Gasteiger partial charge on any atom is -0.484 e. The van der Waals surface area contributed by atoms with Gasteiger partial charge < -0.3 is 14.5 Å². The molecule has 0 N–H and O–H groups in total. The first kappa shape index (κ1) is 18.3. The van der Waals surface area contributed by atoms with Crippen LogP contribution in [-0.4, -0.2) is 54.4 Å². The van der Waals surface area contributed by atoms with Gasteiger partial charge in [-0.1, -0.05) is 39.0 Å². The molecular weight excluding hydrogens is 304 g/mol. The van der Waals surface area contributed by atoms with Crippen molar-refractivity contribution in [3.8, 4) is 5.75 Å². The maximum atomic E-state index is 12.4. The molecule has 1 fully saturated rings. The second-order valence-corrected chi connectivity index (χ2v) is 7.45. The van der Waals surface area contributed by atoms with Crippen LogP contribution in [-0.2, 0) is 9.59 Å². The summed E-state index contributed by atoms with van der Waals surface area (Å²) in [7, 11) is 0. The number of hydrogen-bond donors (Lipinski definition) is 0. The molecule has 0 saturated carbocycles. The first-order valence-corrected chi connectivity index (χ1v) is 8.58. The lowest BCUT2D eigenvalue weighted by molar-refractivity contribution is -0.135. The van der Waals surface area contributed by atoms with E-state index < -0.39 is 0 Å². The van der Waals surface area contributed by atoms with Crippen LogP contribution < -0.4 is 4.74 Å². The summed E-state index contributed by atoms with van der Waals surface area (Å²) < 4.78 is 5.53. The molecule has 1 aliphatic rings. The van der Waals surface area contributed by atoms with E-state index in [2.05, 4.69) is 20.8 Å². The zero-order valence-corrected chi connectivity index (χ0v) is 15.0. The standard InChI is InChI=1S/C19H28N2O3/c1-19(2,3)14-17(22)20-10-7-11-21(13-12-20)18(23)15-24-16-8-5-4-6-9-16/h4-6,8-9H,7,10-15H2,1-3H3. The Morgan fingerprint density at radius 3 is 2.12 bits per heavy atom. The van der Waals surface area contributed by atoms with E-state index in [0.29, 0.717) is 31.8 Å². The quantitative estimate of drug-likeness (QED) is 0.851. The van der Waals surface area contributed by atoms with Gasteiger partial charge in [0.2, 0.25) is 5.91 Å². The molecule has 1 heterocycles. The fraction of sp³-hybridized carbons (Fsp3) is 0.579. The van der Waals surface area contributed by atoms with Crippen LogP contribution in [0.2, 0.25) is 0 Å². The Morgan fingerprint density at radius 2 is 1.54 bits per heavy atom. The fourth-order valence-corrected chi connectivity index (χ4v) is 2.73. The Hall–Kier alpha value is -2.04. The van der Waals surface area contributed by atoms with Gasteiger partial charge in [-0.05, 0) is 24.0 Å². The van der Waals surface area contributed by atoms with E-state index in [1.54, 1.807) is 4.90 Å². The predicted octanol–water partition coefficient (Wildman–Crippen LogP) is 2.56. The predicted molar refractivity (Wildman–Crippen MR) is 93.8 cm³/mol. The summed E-state index contributed by atoms with van der Waals surface area (Å²) in [5.74, 6) is 0.851. The van der Waals surface area contributed by atoms with Gasteiger partial charge in [-0.25, -0.2) is 0 Å². The molecule has 24 heavy (non-hydrogen) atoms. The molecule has 1 aromatic carbocycles. The first-order valence-electron chi connectivity index (χ1n) is 8.58. The van der Waals surface area contributed by atoms with Gasteiger partial charge in [-0.3, -0.25) is 9.59 Å². The van der Waals surface area contributed by atoms with Gasteiger partial charge in [0.25, 0.3) is 5.91 Å². The van der Waals surface area contributed by atoms with E-state index in [1.165, 1.54) is 0 Å². The minimum absolute atomic E-state index is 0.0115. The molecule has 0 unspecified atom stereocenters. The molecule has 1 aliphatic heterocycles. The summed E-state index contributed by atoms with van der Waals surface area (Å²) in [4.78, 5) is 28.4. The normalized spacial score (nSPS) is 15.8. The topological polar surface area (TPSA) is 49.9 Å². The third-order valence-corrected chi connectivity index (χ3v) is 3.99. The lowest BCUT2D eigenvalue weighted by Crippen LogP contribution is -2.39. The first-order chi connectivity index (χ1) is 11.3. The number of rotatable bonds is 4. The highest BCUT2D eigenvalue weighted by molar-refractivity contribution is 5.79. The van der Waals surface area contributed by atoms with Crippen LogP contribution in [0, 0.1) is 5.41 Å². The molecule has 1 aromatic rings. The summed E-state index contributed by atoms with van der Waals surface area (Å²) in [6.07, 6.45) is 1.35. The van der Waals surface area contributed by atoms with Crippen LogP contribution in [0.25, 0.3) is 0 Å². The van der Waals surface area contributed by atoms with Crippen molar-refractivity contribution in [1.82, 2.24) is 9.80 Å². The Bertz CT molecular complexity index is 551. The molecular formula is C19H28N2O3. The van der Waals surface area contributed by atoms with E-state index in [4.69, 9.17) is 4.74 Å². The average Bonchev–Trinajstić information content (AvgIpc) is 2.78. The van der Waals surface area contributed by atoms with Crippen molar-refractivity contribution in [1.29, 1.82) is 0 Å². The van der Waals surface area contributed by atoms with E-state index in [1.807, 2.05) is 35.2 Å². The van der Waals surface area contributed by atoms with Gasteiger partial charge >= 0.3 is 0 Å². The monoisotopic (exact) mass is 332 g/mol. The molecule has 0 atom stereocenters. The van der Waals surface area contributed by atoms with Crippen LogP contribution in [0.5, 0.6) is 5.75 Å². The van der Waals surface area contributed by atoms with Crippen molar-refractivity contribution in [2.45, 2.75) is 33.6 Å². The molecule has 2 amide bonds. The number of hydrogen-bond acceptors (Lipinski definition) is 3. The number of amides is 2. The van der Waals surface area contributed by atoms with E-state index >= 15 is 0 Å². The molecule has 0 aliphatic carbocycles. The Kier molecular flexibility index (Phi) is 6.23. The molecule has 0 spiro atoms. The zero-order valence-electron chi connectivity index (χ0n) is 15.0. The number of carbonyl (C=O) groups excluding carboxylic acids is 2. The molecule has 0 radical (unpaired) electrons. The number of benzene rings is 1. The molecule has 5 nitrogen and oxygen atoms in total. The van der Waals surface area contributed by atoms with Crippen LogP contribution >= 0.6 is 0 Å². The van der Waals surface area contributed by atoms with Crippen LogP contribution in [0.4, 0.5) is 0 Å². The van der Waals surface area contributed by atoms with Gasteiger partial charge in [0.05, 0.1) is 0 Å². The van der Waals surface area contributed by atoms with Crippen LogP contribution in [0.3, 0.4) is 0 Å². The minimum atomic E-state index is -0.0241. The van der Waals surface area contributed by atoms with Crippen LogP contribution in [0.15, 0.2) is 30.3 Å². The summed E-state index contributed by atoms with van der Waals surface area (Å²) in [6.45, 7) is 8.83. The van der Waals surface area contributed by atoms with E-state index in [9.17, 15) is 9.59 Å². The summed E-state index contributed by atoms with van der Waals surface area (Å²) in [5, 5.41) is 0. The Labute approximate surface area is 144 Å². The summed E-state index contributed by atoms with van der Waals surface area (Å²) in [6, 6.07) is 9.34. The summed E-state index contributed by atoms with van der Waals surface area (Å²) in [5.41, 5.74) is -0.0115. The Morgan fingerprint density at radius 1 is 0.958 bits per heavy atom. The third kappa shape index (κ3) is 5.87. The van der Waals surface area contributed by atoms with E-state index in [0.717, 1.165) is 13.0 Å². The smallest absolute Gasteiger partial charge is 0.260 e. The molecule has 5 heteroatoms. The second kappa shape index (κ2) is 8.18. The van der Waals surface area contributed by atoms with Crippen molar-refractivity contribution in [2.24, 2.45) is 5.41 Å². The van der Waals surface area contributed by atoms with Gasteiger partial charge in [0.1, 0.15) is 5.75 Å². The molecule has 132 valence electrons. The maximum absolute atomic E-state index is 12.4. The lowest BCUT2D eigenvalue weighted by atomic mass is 9.91. The molecule has 2 rings (SSSR count). The van der Waals surface area contributed by atoms with Crippen molar-refractivity contribution in [2.75, 3.05) is 32.8 Å². The van der Waals surface area contributed by atoms with Gasteiger partial charge in [-0.2, -0.15) is 0 Å². The zero-order chi connectivity index (χ0) is 17.6. The molecule has 1 saturated heterocycles. The molecule has 0 aromatic heterocycles. The highest BCUT2D eigenvalue weighted by atomic mass is 16.5. The van der Waals surface area contributed by atoms with Gasteiger partial charge in [-0.15, -0.1) is 0 Å². The number of carbonyl (C=O) groups is 2. The van der Waals surface area contributed by atoms with Crippen molar-refractivity contribution in [3.63, 3.8) is 0 Å². The number of nitrogens with zero attached hydrogens (tertiary/aromatic N) is 2. The number of para-hydroxylation sites is 1.